The molecule has 1 aliphatic rings. The first-order valence-electron chi connectivity index (χ1n) is 6.49. The molecule has 2 nitrogen and oxygen atoms in total. The third-order valence-corrected chi connectivity index (χ3v) is 4.16. The molecule has 1 saturated carbocycles. The van der Waals surface area contributed by atoms with Crippen molar-refractivity contribution in [2.24, 2.45) is 11.7 Å². The van der Waals surface area contributed by atoms with Crippen LogP contribution in [0.1, 0.15) is 43.7 Å². The molecule has 0 saturated heterocycles. The highest BCUT2D eigenvalue weighted by molar-refractivity contribution is 6.31. The molecule has 3 N–H and O–H groups in total. The van der Waals surface area contributed by atoms with Gasteiger partial charge >= 0.3 is 0 Å². The normalized spacial score (nSPS) is 19.6. The molecule has 5 heteroatoms. The van der Waals surface area contributed by atoms with Crippen LogP contribution in [0.25, 0.3) is 0 Å². The molecule has 1 aromatic carbocycles. The Morgan fingerprint density at radius 2 is 1.89 bits per heavy atom. The van der Waals surface area contributed by atoms with E-state index in [9.17, 15) is 9.50 Å². The molecule has 0 radical (unpaired) electrons. The standard InChI is InChI=1S/C14H19ClFNO.ClH/c15-10-7-4-8-11(16)12(10)13(17)14(18)9-5-2-1-3-6-9;/h4,7-9,13-14,18H,1-3,5-6,17H2;1H/t13-,14+;/m1./s1. The van der Waals surface area contributed by atoms with Crippen molar-refractivity contribution in [1.82, 2.24) is 0 Å². The van der Waals surface area contributed by atoms with E-state index in [4.69, 9.17) is 17.3 Å². The van der Waals surface area contributed by atoms with E-state index in [-0.39, 0.29) is 28.9 Å². The summed E-state index contributed by atoms with van der Waals surface area (Å²) in [6, 6.07) is 3.73. The Balaban J connectivity index is 0.00000180. The number of nitrogens with two attached hydrogens (primary N) is 1. The number of aliphatic hydroxyl groups is 1. The number of aliphatic hydroxyl groups excluding tert-OH is 1. The van der Waals surface area contributed by atoms with Crippen molar-refractivity contribution in [3.05, 3.63) is 34.6 Å². The van der Waals surface area contributed by atoms with Crippen molar-refractivity contribution in [3.8, 4) is 0 Å². The molecule has 0 aromatic heterocycles. The van der Waals surface area contributed by atoms with E-state index in [1.54, 1.807) is 12.1 Å². The molecule has 108 valence electrons. The Bertz CT molecular complexity index is 390. The van der Waals surface area contributed by atoms with Gasteiger partial charge in [-0.25, -0.2) is 4.39 Å². The molecule has 0 unspecified atom stereocenters. The molecular formula is C14H20Cl2FNO. The van der Waals surface area contributed by atoms with Gasteiger partial charge in [0.25, 0.3) is 0 Å². The maximum absolute atomic E-state index is 13.8. The molecule has 1 aliphatic carbocycles. The third kappa shape index (κ3) is 3.82. The lowest BCUT2D eigenvalue weighted by atomic mass is 9.81. The zero-order chi connectivity index (χ0) is 13.1. The summed E-state index contributed by atoms with van der Waals surface area (Å²) in [5, 5.41) is 10.6. The maximum Gasteiger partial charge on any atom is 0.129 e. The van der Waals surface area contributed by atoms with Gasteiger partial charge in [0, 0.05) is 10.6 Å². The number of halogens is 3. The number of rotatable bonds is 3. The predicted octanol–water partition coefficient (Wildman–Crippen LogP) is 3.84. The lowest BCUT2D eigenvalue weighted by Gasteiger charge is -2.31. The van der Waals surface area contributed by atoms with Crippen LogP contribution in [0.5, 0.6) is 0 Å². The molecule has 19 heavy (non-hydrogen) atoms. The van der Waals surface area contributed by atoms with Crippen LogP contribution in [0, 0.1) is 11.7 Å². The average Bonchev–Trinajstić information content (AvgIpc) is 2.38. The lowest BCUT2D eigenvalue weighted by Crippen LogP contribution is -2.35. The maximum atomic E-state index is 13.8. The van der Waals surface area contributed by atoms with Crippen molar-refractivity contribution < 1.29 is 9.50 Å². The fourth-order valence-electron chi connectivity index (χ4n) is 2.77. The second-order valence-corrected chi connectivity index (χ2v) is 5.46. The van der Waals surface area contributed by atoms with E-state index >= 15 is 0 Å². The first-order valence-corrected chi connectivity index (χ1v) is 6.86. The molecule has 1 aromatic rings. The van der Waals surface area contributed by atoms with Crippen molar-refractivity contribution in [2.45, 2.75) is 44.2 Å². The Hall–Kier alpha value is -0.350. The van der Waals surface area contributed by atoms with Crippen molar-refractivity contribution in [1.29, 1.82) is 0 Å². The van der Waals surface area contributed by atoms with Gasteiger partial charge in [-0.3, -0.25) is 0 Å². The minimum Gasteiger partial charge on any atom is -0.391 e. The summed E-state index contributed by atoms with van der Waals surface area (Å²) in [4.78, 5) is 0. The molecule has 2 atom stereocenters. The zero-order valence-electron chi connectivity index (χ0n) is 10.7. The minimum atomic E-state index is -0.748. The minimum absolute atomic E-state index is 0. The van der Waals surface area contributed by atoms with Crippen LogP contribution in [-0.4, -0.2) is 11.2 Å². The van der Waals surface area contributed by atoms with Crippen LogP contribution < -0.4 is 5.73 Å². The van der Waals surface area contributed by atoms with E-state index < -0.39 is 18.0 Å². The van der Waals surface area contributed by atoms with Crippen LogP contribution in [0.4, 0.5) is 4.39 Å². The van der Waals surface area contributed by atoms with Gasteiger partial charge in [-0.15, -0.1) is 12.4 Å². The summed E-state index contributed by atoms with van der Waals surface area (Å²) in [5.41, 5.74) is 6.23. The highest BCUT2D eigenvalue weighted by Crippen LogP contribution is 2.34. The van der Waals surface area contributed by atoms with Crippen LogP contribution >= 0.6 is 24.0 Å². The van der Waals surface area contributed by atoms with Gasteiger partial charge in [-0.2, -0.15) is 0 Å². The number of benzene rings is 1. The Morgan fingerprint density at radius 1 is 1.26 bits per heavy atom. The van der Waals surface area contributed by atoms with Gasteiger partial charge in [0.15, 0.2) is 0 Å². The summed E-state index contributed by atoms with van der Waals surface area (Å²) >= 11 is 5.98. The van der Waals surface area contributed by atoms with Gasteiger partial charge < -0.3 is 10.8 Å². The van der Waals surface area contributed by atoms with Gasteiger partial charge in [0.2, 0.25) is 0 Å². The lowest BCUT2D eigenvalue weighted by molar-refractivity contribution is 0.0608. The number of hydrogen-bond acceptors (Lipinski definition) is 2. The summed E-state index contributed by atoms with van der Waals surface area (Å²) in [7, 11) is 0. The average molecular weight is 308 g/mol. The van der Waals surface area contributed by atoms with Gasteiger partial charge in [-0.1, -0.05) is 36.9 Å². The fraction of sp³-hybridized carbons (Fsp3) is 0.571. The van der Waals surface area contributed by atoms with E-state index in [1.165, 1.54) is 12.5 Å². The van der Waals surface area contributed by atoms with Gasteiger partial charge in [-0.05, 0) is 30.9 Å². The highest BCUT2D eigenvalue weighted by Gasteiger charge is 2.30. The Morgan fingerprint density at radius 3 is 2.47 bits per heavy atom. The second kappa shape index (κ2) is 7.44. The summed E-state index contributed by atoms with van der Waals surface area (Å²) < 4.78 is 13.8. The quantitative estimate of drug-likeness (QED) is 0.891. The van der Waals surface area contributed by atoms with E-state index in [2.05, 4.69) is 0 Å². The molecule has 0 spiro atoms. The zero-order valence-corrected chi connectivity index (χ0v) is 12.3. The Labute approximate surface area is 124 Å². The van der Waals surface area contributed by atoms with E-state index in [1.807, 2.05) is 0 Å². The summed E-state index contributed by atoms with van der Waals surface area (Å²) in [5.74, 6) is -0.283. The SMILES string of the molecule is Cl.N[C@H](c1c(F)cccc1Cl)[C@@H](O)C1CCCCC1. The smallest absolute Gasteiger partial charge is 0.129 e. The summed E-state index contributed by atoms with van der Waals surface area (Å²) in [6.07, 6.45) is 4.62. The van der Waals surface area contributed by atoms with Crippen LogP contribution in [0.15, 0.2) is 18.2 Å². The molecule has 0 heterocycles. The molecule has 0 amide bonds. The molecule has 1 fully saturated rings. The second-order valence-electron chi connectivity index (χ2n) is 5.05. The third-order valence-electron chi connectivity index (χ3n) is 3.83. The topological polar surface area (TPSA) is 46.2 Å². The highest BCUT2D eigenvalue weighted by atomic mass is 35.5. The molecule has 2 rings (SSSR count). The fourth-order valence-corrected chi connectivity index (χ4v) is 3.06. The van der Waals surface area contributed by atoms with E-state index in [0.29, 0.717) is 0 Å². The molecular weight excluding hydrogens is 288 g/mol. The van der Waals surface area contributed by atoms with Crippen molar-refractivity contribution in [2.75, 3.05) is 0 Å². The van der Waals surface area contributed by atoms with E-state index in [0.717, 1.165) is 25.7 Å². The van der Waals surface area contributed by atoms with Gasteiger partial charge in [0.05, 0.1) is 12.1 Å². The largest absolute Gasteiger partial charge is 0.391 e. The van der Waals surface area contributed by atoms with Crippen LogP contribution in [0.3, 0.4) is 0 Å². The first-order chi connectivity index (χ1) is 8.61. The molecule has 0 aliphatic heterocycles. The van der Waals surface area contributed by atoms with Crippen molar-refractivity contribution >= 4 is 24.0 Å². The molecule has 0 bridgehead atoms. The van der Waals surface area contributed by atoms with Crippen molar-refractivity contribution in [3.63, 3.8) is 0 Å². The van der Waals surface area contributed by atoms with Gasteiger partial charge in [0.1, 0.15) is 5.82 Å². The first kappa shape index (κ1) is 16.7. The van der Waals surface area contributed by atoms with Crippen LogP contribution in [-0.2, 0) is 0 Å². The number of hydrogen-bond donors (Lipinski definition) is 2. The Kier molecular flexibility index (Phi) is 6.54. The monoisotopic (exact) mass is 307 g/mol. The predicted molar refractivity (Wildman–Crippen MR) is 78.2 cm³/mol. The summed E-state index contributed by atoms with van der Waals surface area (Å²) in [6.45, 7) is 0. The van der Waals surface area contributed by atoms with Crippen LogP contribution in [0.2, 0.25) is 5.02 Å².